The number of benzene rings is 1. The zero-order valence-electron chi connectivity index (χ0n) is 17.5. The molecule has 9 nitrogen and oxygen atoms in total. The Morgan fingerprint density at radius 3 is 2.45 bits per heavy atom. The molecule has 1 aliphatic rings. The number of carbonyl (C=O) groups is 2. The molecule has 1 aromatic carbocycles. The Labute approximate surface area is 177 Å². The number of rotatable bonds is 5. The van der Waals surface area contributed by atoms with Crippen LogP contribution in [0.25, 0.3) is 11.0 Å². The largest absolute Gasteiger partial charge is 0.343 e. The van der Waals surface area contributed by atoms with Gasteiger partial charge in [-0.25, -0.2) is 9.78 Å². The lowest BCUT2D eigenvalue weighted by molar-refractivity contribution is -0.115. The molecule has 31 heavy (non-hydrogen) atoms. The van der Waals surface area contributed by atoms with E-state index >= 15 is 0 Å². The highest BCUT2D eigenvalue weighted by molar-refractivity contribution is 6.01. The molecule has 0 unspecified atom stereocenters. The average Bonchev–Trinajstić information content (AvgIpc) is 3.53. The van der Waals surface area contributed by atoms with E-state index < -0.39 is 17.2 Å². The first-order valence-corrected chi connectivity index (χ1v) is 10.0. The monoisotopic (exact) mass is 421 g/mol. The van der Waals surface area contributed by atoms with Gasteiger partial charge in [-0.15, -0.1) is 0 Å². The number of hydrogen-bond donors (Lipinski definition) is 3. The van der Waals surface area contributed by atoms with E-state index in [1.807, 2.05) is 32.9 Å². The molecule has 1 saturated carbocycles. The van der Waals surface area contributed by atoms with Crippen molar-refractivity contribution in [1.29, 1.82) is 0 Å². The van der Waals surface area contributed by atoms with Crippen molar-refractivity contribution in [3.63, 3.8) is 0 Å². The van der Waals surface area contributed by atoms with Crippen molar-refractivity contribution in [3.8, 4) is 0 Å². The number of nitrogens with zero attached hydrogens (tertiary/aromatic N) is 2. The lowest BCUT2D eigenvalue weighted by Crippen LogP contribution is -2.34. The molecule has 3 aromatic rings. The third kappa shape index (κ3) is 4.11. The quantitative estimate of drug-likeness (QED) is 0.578. The highest BCUT2D eigenvalue weighted by Gasteiger charge is 2.27. The van der Waals surface area contributed by atoms with Gasteiger partial charge >= 0.3 is 5.69 Å². The maximum Gasteiger partial charge on any atom is 0.330 e. The standard InChI is InChI=1S/C22H23N5O4/c1-11-6-12(2)18(13(3)7-11)25-17(28)10-24-20(29)14-8-16-19(23-9-14)27(15-4-5-15)22(31)26-21(16)30/h6-9,15H,4-5,10H2,1-3H3,(H,24,29)(H,25,28)(H,26,30,31). The summed E-state index contributed by atoms with van der Waals surface area (Å²) >= 11 is 0. The second kappa shape index (κ2) is 7.82. The molecule has 0 aliphatic heterocycles. The van der Waals surface area contributed by atoms with E-state index in [1.165, 1.54) is 16.8 Å². The van der Waals surface area contributed by atoms with Gasteiger partial charge in [0.1, 0.15) is 5.65 Å². The summed E-state index contributed by atoms with van der Waals surface area (Å²) in [6.07, 6.45) is 3.00. The molecule has 0 atom stereocenters. The first-order chi connectivity index (χ1) is 14.7. The van der Waals surface area contributed by atoms with Gasteiger partial charge in [0.15, 0.2) is 0 Å². The van der Waals surface area contributed by atoms with Crippen LogP contribution in [0.15, 0.2) is 34.0 Å². The maximum absolute atomic E-state index is 12.5. The molecular formula is C22H23N5O4. The van der Waals surface area contributed by atoms with Gasteiger partial charge in [0.25, 0.3) is 11.5 Å². The van der Waals surface area contributed by atoms with Crippen LogP contribution < -0.4 is 21.9 Å². The van der Waals surface area contributed by atoms with Crippen molar-refractivity contribution < 1.29 is 9.59 Å². The number of nitrogens with one attached hydrogen (secondary N) is 3. The van der Waals surface area contributed by atoms with Crippen LogP contribution in [0.3, 0.4) is 0 Å². The van der Waals surface area contributed by atoms with E-state index in [1.54, 1.807) is 0 Å². The van der Waals surface area contributed by atoms with Crippen LogP contribution >= 0.6 is 0 Å². The minimum Gasteiger partial charge on any atom is -0.343 e. The molecule has 1 fully saturated rings. The summed E-state index contributed by atoms with van der Waals surface area (Å²) in [6.45, 7) is 5.57. The number of aromatic nitrogens is 3. The second-order valence-corrected chi connectivity index (χ2v) is 7.96. The van der Waals surface area contributed by atoms with Crippen LogP contribution in [0.2, 0.25) is 0 Å². The summed E-state index contributed by atoms with van der Waals surface area (Å²) in [6, 6.07) is 5.36. The van der Waals surface area contributed by atoms with E-state index in [0.717, 1.165) is 35.2 Å². The Hall–Kier alpha value is -3.75. The van der Waals surface area contributed by atoms with Crippen LogP contribution in [-0.2, 0) is 4.79 Å². The van der Waals surface area contributed by atoms with Gasteiger partial charge in [-0.05, 0) is 50.8 Å². The molecule has 0 radical (unpaired) electrons. The average molecular weight is 421 g/mol. The predicted molar refractivity (Wildman–Crippen MR) is 117 cm³/mol. The summed E-state index contributed by atoms with van der Waals surface area (Å²) in [5, 5.41) is 5.53. The van der Waals surface area contributed by atoms with E-state index in [4.69, 9.17) is 0 Å². The fourth-order valence-electron chi connectivity index (χ4n) is 3.76. The molecule has 4 rings (SSSR count). The first kappa shape index (κ1) is 20.5. The topological polar surface area (TPSA) is 126 Å². The van der Waals surface area contributed by atoms with Gasteiger partial charge in [0, 0.05) is 17.9 Å². The van der Waals surface area contributed by atoms with Crippen LogP contribution in [0.5, 0.6) is 0 Å². The Balaban J connectivity index is 1.49. The van der Waals surface area contributed by atoms with Crippen molar-refractivity contribution in [2.24, 2.45) is 0 Å². The molecule has 0 spiro atoms. The van der Waals surface area contributed by atoms with Gasteiger partial charge in [-0.2, -0.15) is 0 Å². The summed E-state index contributed by atoms with van der Waals surface area (Å²) in [5.74, 6) is -0.900. The van der Waals surface area contributed by atoms with Gasteiger partial charge in [0.2, 0.25) is 5.91 Å². The number of aryl methyl sites for hydroxylation is 3. The Morgan fingerprint density at radius 1 is 1.13 bits per heavy atom. The van der Waals surface area contributed by atoms with Crippen LogP contribution in [0, 0.1) is 20.8 Å². The zero-order chi connectivity index (χ0) is 22.3. The lowest BCUT2D eigenvalue weighted by atomic mass is 10.1. The van der Waals surface area contributed by atoms with Crippen LogP contribution in [0.1, 0.15) is 45.9 Å². The van der Waals surface area contributed by atoms with Gasteiger partial charge < -0.3 is 10.6 Å². The third-order valence-corrected chi connectivity index (χ3v) is 5.30. The van der Waals surface area contributed by atoms with E-state index in [0.29, 0.717) is 0 Å². The SMILES string of the molecule is Cc1cc(C)c(NC(=O)CNC(=O)c2cnc3c(c2)c(=O)[nH]c(=O)n3C2CC2)c(C)c1. The molecule has 0 bridgehead atoms. The normalized spacial score (nSPS) is 13.3. The van der Waals surface area contributed by atoms with Crippen molar-refractivity contribution in [2.45, 2.75) is 39.7 Å². The summed E-state index contributed by atoms with van der Waals surface area (Å²) in [5.41, 5.74) is 3.01. The number of amides is 2. The second-order valence-electron chi connectivity index (χ2n) is 7.96. The van der Waals surface area contributed by atoms with Crippen LogP contribution in [-0.4, -0.2) is 32.9 Å². The highest BCUT2D eigenvalue weighted by atomic mass is 16.2. The Bertz CT molecular complexity index is 1310. The zero-order valence-corrected chi connectivity index (χ0v) is 17.5. The summed E-state index contributed by atoms with van der Waals surface area (Å²) in [7, 11) is 0. The molecule has 160 valence electrons. The lowest BCUT2D eigenvalue weighted by Gasteiger charge is -2.13. The predicted octanol–water partition coefficient (Wildman–Crippen LogP) is 1.71. The number of fused-ring (bicyclic) bond motifs is 1. The molecule has 1 aliphatic carbocycles. The van der Waals surface area contributed by atoms with E-state index in [9.17, 15) is 19.2 Å². The number of hydrogen-bond acceptors (Lipinski definition) is 5. The van der Waals surface area contributed by atoms with Crippen molar-refractivity contribution >= 4 is 28.5 Å². The number of H-pyrrole nitrogens is 1. The Kier molecular flexibility index (Phi) is 5.18. The van der Waals surface area contributed by atoms with Gasteiger partial charge in [0.05, 0.1) is 17.5 Å². The molecule has 3 N–H and O–H groups in total. The van der Waals surface area contributed by atoms with Gasteiger partial charge in [-0.3, -0.25) is 23.9 Å². The molecular weight excluding hydrogens is 398 g/mol. The summed E-state index contributed by atoms with van der Waals surface area (Å²) < 4.78 is 1.46. The minimum absolute atomic E-state index is 0.0245. The molecule has 2 amide bonds. The molecule has 9 heteroatoms. The van der Waals surface area contributed by atoms with Crippen molar-refractivity contribution in [3.05, 3.63) is 67.5 Å². The molecule has 2 aromatic heterocycles. The minimum atomic E-state index is -0.595. The van der Waals surface area contributed by atoms with Gasteiger partial charge in [-0.1, -0.05) is 17.7 Å². The first-order valence-electron chi connectivity index (χ1n) is 10.0. The number of anilines is 1. The Morgan fingerprint density at radius 2 is 1.81 bits per heavy atom. The molecule has 2 heterocycles. The number of aromatic amines is 1. The number of pyridine rings is 1. The van der Waals surface area contributed by atoms with Crippen LogP contribution in [0.4, 0.5) is 5.69 Å². The fourth-order valence-corrected chi connectivity index (χ4v) is 3.76. The number of carbonyl (C=O) groups excluding carboxylic acids is 2. The smallest absolute Gasteiger partial charge is 0.330 e. The van der Waals surface area contributed by atoms with E-state index in [2.05, 4.69) is 20.6 Å². The van der Waals surface area contributed by atoms with E-state index in [-0.39, 0.29) is 35.1 Å². The molecule has 0 saturated heterocycles. The van der Waals surface area contributed by atoms with Crippen molar-refractivity contribution in [2.75, 3.05) is 11.9 Å². The van der Waals surface area contributed by atoms with Crippen molar-refractivity contribution in [1.82, 2.24) is 19.9 Å². The highest BCUT2D eigenvalue weighted by Crippen LogP contribution is 2.34. The fraction of sp³-hybridized carbons (Fsp3) is 0.318. The maximum atomic E-state index is 12.5. The third-order valence-electron chi connectivity index (χ3n) is 5.30. The summed E-state index contributed by atoms with van der Waals surface area (Å²) in [4.78, 5) is 55.6.